The summed E-state index contributed by atoms with van der Waals surface area (Å²) in [7, 11) is -3.58. The van der Waals surface area contributed by atoms with Crippen molar-refractivity contribution in [2.24, 2.45) is 11.8 Å². The van der Waals surface area contributed by atoms with E-state index in [1.54, 1.807) is 18.2 Å². The summed E-state index contributed by atoms with van der Waals surface area (Å²) in [6, 6.07) is 5.04. The number of carbonyl (C=O) groups is 1. The summed E-state index contributed by atoms with van der Waals surface area (Å²) in [5, 5.41) is 2.89. The highest BCUT2D eigenvalue weighted by Gasteiger charge is 2.21. The third kappa shape index (κ3) is 7.18. The van der Waals surface area contributed by atoms with E-state index < -0.39 is 10.0 Å². The maximum atomic E-state index is 12.3. The van der Waals surface area contributed by atoms with Gasteiger partial charge in [0.25, 0.3) is 0 Å². The van der Waals surface area contributed by atoms with Gasteiger partial charge in [-0.15, -0.1) is 0 Å². The van der Waals surface area contributed by atoms with Crippen LogP contribution in [0.5, 0.6) is 0 Å². The van der Waals surface area contributed by atoms with Crippen molar-refractivity contribution < 1.29 is 13.2 Å². The summed E-state index contributed by atoms with van der Waals surface area (Å²) in [5.74, 6) is 1.36. The molecule has 1 heterocycles. The van der Waals surface area contributed by atoms with E-state index in [0.717, 1.165) is 49.0 Å². The molecule has 158 valence electrons. The Hall–Kier alpha value is -1.44. The average Bonchev–Trinajstić information content (AvgIpc) is 2.60. The molecule has 28 heavy (non-hydrogen) atoms. The summed E-state index contributed by atoms with van der Waals surface area (Å²) in [6.07, 6.45) is 2.35. The second-order valence-electron chi connectivity index (χ2n) is 8.30. The summed E-state index contributed by atoms with van der Waals surface area (Å²) in [6.45, 7) is 12.4. The number of likely N-dealkylation sites (tertiary alicyclic amines) is 1. The monoisotopic (exact) mass is 409 g/mol. The number of piperidine rings is 1. The van der Waals surface area contributed by atoms with Crippen LogP contribution in [0.3, 0.4) is 0 Å². The van der Waals surface area contributed by atoms with Gasteiger partial charge in [0.2, 0.25) is 15.9 Å². The number of nitrogens with one attached hydrogen (secondary N) is 2. The molecule has 2 rings (SSSR count). The van der Waals surface area contributed by atoms with Crippen LogP contribution in [0.15, 0.2) is 23.1 Å². The molecule has 1 amide bonds. The molecule has 1 saturated heterocycles. The number of rotatable bonds is 9. The predicted molar refractivity (Wildman–Crippen MR) is 113 cm³/mol. The van der Waals surface area contributed by atoms with Crippen molar-refractivity contribution >= 4 is 15.9 Å². The summed E-state index contributed by atoms with van der Waals surface area (Å²) >= 11 is 0. The molecular formula is C21H35N3O3S. The number of hydrogen-bond acceptors (Lipinski definition) is 4. The summed E-state index contributed by atoms with van der Waals surface area (Å²) < 4.78 is 27.1. The minimum Gasteiger partial charge on any atom is -0.356 e. The highest BCUT2D eigenvalue weighted by molar-refractivity contribution is 7.89. The number of aryl methyl sites for hydroxylation is 2. The van der Waals surface area contributed by atoms with Crippen molar-refractivity contribution in [1.29, 1.82) is 0 Å². The Morgan fingerprint density at radius 3 is 2.43 bits per heavy atom. The topological polar surface area (TPSA) is 78.5 Å². The fourth-order valence-electron chi connectivity index (χ4n) is 3.86. The third-order valence-electron chi connectivity index (χ3n) is 5.35. The molecule has 1 aromatic carbocycles. The molecule has 1 aliphatic heterocycles. The first-order chi connectivity index (χ1) is 13.2. The minimum atomic E-state index is -3.58. The summed E-state index contributed by atoms with van der Waals surface area (Å²) in [5.41, 5.74) is 1.98. The van der Waals surface area contributed by atoms with Crippen molar-refractivity contribution in [1.82, 2.24) is 14.9 Å². The van der Waals surface area contributed by atoms with Crippen molar-refractivity contribution in [3.05, 3.63) is 29.3 Å². The molecule has 0 bridgehead atoms. The molecular weight excluding hydrogens is 374 g/mol. The zero-order chi connectivity index (χ0) is 20.7. The lowest BCUT2D eigenvalue weighted by atomic mass is 9.92. The predicted octanol–water partition coefficient (Wildman–Crippen LogP) is 2.46. The Bertz CT molecular complexity index is 754. The van der Waals surface area contributed by atoms with E-state index in [9.17, 15) is 13.2 Å². The number of carbonyl (C=O) groups excluding carboxylic acids is 1. The van der Waals surface area contributed by atoms with Gasteiger partial charge in [-0.3, -0.25) is 4.79 Å². The van der Waals surface area contributed by atoms with Gasteiger partial charge in [-0.1, -0.05) is 19.9 Å². The Morgan fingerprint density at radius 1 is 1.11 bits per heavy atom. The molecule has 6 nitrogen and oxygen atoms in total. The summed E-state index contributed by atoms with van der Waals surface area (Å²) in [4.78, 5) is 14.7. The van der Waals surface area contributed by atoms with Crippen molar-refractivity contribution in [2.75, 3.05) is 32.7 Å². The lowest BCUT2D eigenvalue weighted by Gasteiger charge is -2.34. The second-order valence-corrected chi connectivity index (χ2v) is 10.1. The van der Waals surface area contributed by atoms with Crippen LogP contribution in [0.4, 0.5) is 0 Å². The van der Waals surface area contributed by atoms with Crippen LogP contribution in [0.25, 0.3) is 0 Å². The van der Waals surface area contributed by atoms with Crippen molar-refractivity contribution in [3.63, 3.8) is 0 Å². The smallest absolute Gasteiger partial charge is 0.240 e. The van der Waals surface area contributed by atoms with E-state index in [0.29, 0.717) is 6.54 Å². The number of sulfonamides is 1. The SMILES string of the molecule is Cc1ccc(S(=O)(=O)NCCC(=O)NCCCN2CC(C)CC(C)C2)cc1C. The van der Waals surface area contributed by atoms with E-state index >= 15 is 0 Å². The lowest BCUT2D eigenvalue weighted by molar-refractivity contribution is -0.120. The van der Waals surface area contributed by atoms with Crippen molar-refractivity contribution in [2.45, 2.75) is 51.9 Å². The lowest BCUT2D eigenvalue weighted by Crippen LogP contribution is -2.40. The average molecular weight is 410 g/mol. The third-order valence-corrected chi connectivity index (χ3v) is 6.81. The highest BCUT2D eigenvalue weighted by Crippen LogP contribution is 2.20. The molecule has 0 saturated carbocycles. The van der Waals surface area contributed by atoms with Crippen LogP contribution in [0, 0.1) is 25.7 Å². The first-order valence-corrected chi connectivity index (χ1v) is 11.7. The Balaban J connectivity index is 1.65. The first-order valence-electron chi connectivity index (χ1n) is 10.2. The minimum absolute atomic E-state index is 0.0994. The van der Waals surface area contributed by atoms with Gasteiger partial charge in [0.1, 0.15) is 0 Å². The molecule has 0 aliphatic carbocycles. The second kappa shape index (κ2) is 10.4. The van der Waals surface area contributed by atoms with Gasteiger partial charge >= 0.3 is 0 Å². The van der Waals surface area contributed by atoms with Crippen LogP contribution in [0.2, 0.25) is 0 Å². The van der Waals surface area contributed by atoms with Crippen LogP contribution in [-0.2, 0) is 14.8 Å². The Morgan fingerprint density at radius 2 is 1.79 bits per heavy atom. The number of nitrogens with zero attached hydrogens (tertiary/aromatic N) is 1. The van der Waals surface area contributed by atoms with Crippen LogP contribution < -0.4 is 10.0 Å². The fraction of sp³-hybridized carbons (Fsp3) is 0.667. The Labute approximate surface area is 170 Å². The van der Waals surface area contributed by atoms with Gasteiger partial charge in [-0.25, -0.2) is 13.1 Å². The standard InChI is InChI=1S/C21H35N3O3S/c1-16-12-17(2)15-24(14-16)11-5-9-22-21(25)8-10-23-28(26,27)20-7-6-18(3)19(4)13-20/h6-7,13,16-17,23H,5,8-12,14-15H2,1-4H3,(H,22,25). The molecule has 2 atom stereocenters. The van der Waals surface area contributed by atoms with Gasteiger partial charge < -0.3 is 10.2 Å². The molecule has 0 radical (unpaired) electrons. The Kier molecular flexibility index (Phi) is 8.46. The van der Waals surface area contributed by atoms with E-state index in [1.165, 1.54) is 6.42 Å². The van der Waals surface area contributed by atoms with Crippen LogP contribution in [-0.4, -0.2) is 51.9 Å². The van der Waals surface area contributed by atoms with E-state index in [1.807, 2.05) is 13.8 Å². The largest absolute Gasteiger partial charge is 0.356 e. The van der Waals surface area contributed by atoms with Gasteiger partial charge in [0.15, 0.2) is 0 Å². The number of amides is 1. The molecule has 0 spiro atoms. The van der Waals surface area contributed by atoms with E-state index in [-0.39, 0.29) is 23.8 Å². The molecule has 2 unspecified atom stereocenters. The van der Waals surface area contributed by atoms with E-state index in [4.69, 9.17) is 0 Å². The number of hydrogen-bond donors (Lipinski definition) is 2. The normalized spacial score (nSPS) is 20.9. The van der Waals surface area contributed by atoms with Gasteiger partial charge in [0, 0.05) is 32.6 Å². The van der Waals surface area contributed by atoms with Gasteiger partial charge in [0.05, 0.1) is 4.90 Å². The van der Waals surface area contributed by atoms with E-state index in [2.05, 4.69) is 28.8 Å². The molecule has 1 aromatic rings. The highest BCUT2D eigenvalue weighted by atomic mass is 32.2. The zero-order valence-corrected chi connectivity index (χ0v) is 18.4. The van der Waals surface area contributed by atoms with Crippen LogP contribution >= 0.6 is 0 Å². The molecule has 2 N–H and O–H groups in total. The maximum absolute atomic E-state index is 12.3. The molecule has 0 aromatic heterocycles. The molecule has 1 aliphatic rings. The van der Waals surface area contributed by atoms with Crippen LogP contribution in [0.1, 0.15) is 44.2 Å². The zero-order valence-electron chi connectivity index (χ0n) is 17.6. The molecule has 7 heteroatoms. The quantitative estimate of drug-likeness (QED) is 0.614. The molecule has 1 fully saturated rings. The fourth-order valence-corrected chi connectivity index (χ4v) is 4.97. The van der Waals surface area contributed by atoms with Gasteiger partial charge in [-0.05, 0) is 68.3 Å². The first kappa shape index (κ1) is 22.8. The maximum Gasteiger partial charge on any atom is 0.240 e. The number of benzene rings is 1. The van der Waals surface area contributed by atoms with Crippen molar-refractivity contribution in [3.8, 4) is 0 Å². The van der Waals surface area contributed by atoms with Gasteiger partial charge in [-0.2, -0.15) is 0 Å².